The highest BCUT2D eigenvalue weighted by atomic mass is 32.1. The van der Waals surface area contributed by atoms with Gasteiger partial charge in [-0.05, 0) is 42.0 Å². The zero-order valence-electron chi connectivity index (χ0n) is 12.2. The molecule has 0 fully saturated rings. The van der Waals surface area contributed by atoms with Crippen LogP contribution in [0.1, 0.15) is 23.3 Å². The van der Waals surface area contributed by atoms with Crippen LogP contribution in [-0.4, -0.2) is 11.9 Å². The minimum atomic E-state index is -0.591. The first-order chi connectivity index (χ1) is 10.6. The lowest BCUT2D eigenvalue weighted by molar-refractivity contribution is -0.121. The predicted molar refractivity (Wildman–Crippen MR) is 88.8 cm³/mol. The maximum absolute atomic E-state index is 11.8. The smallest absolute Gasteiger partial charge is 0.316 e. The summed E-state index contributed by atoms with van der Waals surface area (Å²) in [4.78, 5) is 23.8. The van der Waals surface area contributed by atoms with Gasteiger partial charge in [-0.3, -0.25) is 4.79 Å². The molecule has 4 N–H and O–H groups in total. The molecule has 0 aliphatic carbocycles. The lowest BCUT2D eigenvalue weighted by Crippen LogP contribution is -2.22. The Labute approximate surface area is 133 Å². The van der Waals surface area contributed by atoms with Crippen LogP contribution in [0.4, 0.5) is 10.5 Å². The number of hydrogen-bond acceptors (Lipinski definition) is 3. The second-order valence-corrected chi connectivity index (χ2v) is 5.93. The number of nitrogens with one attached hydrogen (secondary N) is 2. The number of anilines is 1. The van der Waals surface area contributed by atoms with E-state index in [0.29, 0.717) is 18.7 Å². The van der Waals surface area contributed by atoms with Crippen molar-refractivity contribution in [2.45, 2.75) is 25.8 Å². The molecule has 116 valence electrons. The number of carbonyl (C=O) groups is 2. The van der Waals surface area contributed by atoms with Crippen molar-refractivity contribution in [1.29, 1.82) is 0 Å². The van der Waals surface area contributed by atoms with Gasteiger partial charge in [0.2, 0.25) is 5.91 Å². The summed E-state index contributed by atoms with van der Waals surface area (Å²) in [5.41, 5.74) is 6.65. The van der Waals surface area contributed by atoms with Crippen LogP contribution in [0.25, 0.3) is 0 Å². The molecule has 2 aromatic rings. The van der Waals surface area contributed by atoms with Crippen molar-refractivity contribution < 1.29 is 9.59 Å². The van der Waals surface area contributed by atoms with E-state index in [1.807, 2.05) is 23.6 Å². The Morgan fingerprint density at radius 3 is 2.55 bits per heavy atom. The van der Waals surface area contributed by atoms with Gasteiger partial charge in [0.15, 0.2) is 0 Å². The maximum atomic E-state index is 11.8. The molecule has 0 spiro atoms. The summed E-state index contributed by atoms with van der Waals surface area (Å²) in [5, 5.41) is 7.43. The van der Waals surface area contributed by atoms with E-state index in [-0.39, 0.29) is 5.91 Å². The highest BCUT2D eigenvalue weighted by Gasteiger charge is 2.03. The Hall–Kier alpha value is -2.34. The van der Waals surface area contributed by atoms with Gasteiger partial charge in [-0.15, -0.1) is 11.3 Å². The molecule has 0 unspecified atom stereocenters. The number of nitrogens with two attached hydrogens (primary N) is 1. The van der Waals surface area contributed by atoms with E-state index in [9.17, 15) is 9.59 Å². The van der Waals surface area contributed by atoms with Crippen molar-refractivity contribution in [3.05, 3.63) is 52.2 Å². The second kappa shape index (κ2) is 8.19. The topological polar surface area (TPSA) is 84.2 Å². The van der Waals surface area contributed by atoms with Crippen LogP contribution in [0.2, 0.25) is 0 Å². The van der Waals surface area contributed by atoms with Crippen LogP contribution in [-0.2, 0) is 17.8 Å². The SMILES string of the molecule is NC(=O)Nc1ccc(CNC(=O)CCCc2cccs2)cc1. The third kappa shape index (κ3) is 5.57. The summed E-state index contributed by atoms with van der Waals surface area (Å²) in [6.07, 6.45) is 2.33. The minimum Gasteiger partial charge on any atom is -0.352 e. The van der Waals surface area contributed by atoms with Gasteiger partial charge in [-0.1, -0.05) is 18.2 Å². The number of thiophene rings is 1. The van der Waals surface area contributed by atoms with Crippen LogP contribution in [0.5, 0.6) is 0 Å². The molecule has 5 nitrogen and oxygen atoms in total. The van der Waals surface area contributed by atoms with Crippen LogP contribution in [0, 0.1) is 0 Å². The highest BCUT2D eigenvalue weighted by Crippen LogP contribution is 2.12. The molecule has 2 rings (SSSR count). The first kappa shape index (κ1) is 16.0. The Balaban J connectivity index is 1.68. The molecule has 0 aliphatic rings. The number of rotatable bonds is 7. The Morgan fingerprint density at radius 1 is 1.14 bits per heavy atom. The molecule has 1 aromatic heterocycles. The van der Waals surface area contributed by atoms with E-state index >= 15 is 0 Å². The molecular weight excluding hydrogens is 298 g/mol. The summed E-state index contributed by atoms with van der Waals surface area (Å²) >= 11 is 1.72. The number of primary amides is 1. The van der Waals surface area contributed by atoms with E-state index in [1.165, 1.54) is 4.88 Å². The molecule has 0 saturated heterocycles. The largest absolute Gasteiger partial charge is 0.352 e. The predicted octanol–water partition coefficient (Wildman–Crippen LogP) is 2.88. The number of benzene rings is 1. The van der Waals surface area contributed by atoms with Crippen molar-refractivity contribution in [1.82, 2.24) is 5.32 Å². The number of urea groups is 1. The third-order valence-corrected chi connectivity index (χ3v) is 4.05. The van der Waals surface area contributed by atoms with Crippen molar-refractivity contribution in [2.24, 2.45) is 5.73 Å². The zero-order chi connectivity index (χ0) is 15.8. The molecule has 0 saturated carbocycles. The molecule has 6 heteroatoms. The van der Waals surface area contributed by atoms with Gasteiger partial charge in [-0.25, -0.2) is 4.79 Å². The Bertz CT molecular complexity index is 609. The number of amides is 3. The lowest BCUT2D eigenvalue weighted by Gasteiger charge is -2.06. The summed E-state index contributed by atoms with van der Waals surface area (Å²) in [5.74, 6) is 0.0518. The van der Waals surface area contributed by atoms with Gasteiger partial charge in [0, 0.05) is 23.5 Å². The Morgan fingerprint density at radius 2 is 1.91 bits per heavy atom. The van der Waals surface area contributed by atoms with Crippen molar-refractivity contribution in [2.75, 3.05) is 5.32 Å². The molecule has 3 amide bonds. The van der Waals surface area contributed by atoms with E-state index in [4.69, 9.17) is 5.73 Å². The first-order valence-corrected chi connectivity index (χ1v) is 7.96. The molecule has 0 radical (unpaired) electrons. The van der Waals surface area contributed by atoms with Crippen LogP contribution in [0.3, 0.4) is 0 Å². The summed E-state index contributed by atoms with van der Waals surface area (Å²) in [6, 6.07) is 10.7. The van der Waals surface area contributed by atoms with Gasteiger partial charge in [0.25, 0.3) is 0 Å². The first-order valence-electron chi connectivity index (χ1n) is 7.08. The molecular formula is C16H19N3O2S. The number of aryl methyl sites for hydroxylation is 1. The quantitative estimate of drug-likeness (QED) is 0.733. The fraction of sp³-hybridized carbons (Fsp3) is 0.250. The van der Waals surface area contributed by atoms with Gasteiger partial charge in [0.1, 0.15) is 0 Å². The van der Waals surface area contributed by atoms with Crippen LogP contribution in [0.15, 0.2) is 41.8 Å². The van der Waals surface area contributed by atoms with E-state index < -0.39 is 6.03 Å². The number of carbonyl (C=O) groups excluding carboxylic acids is 2. The van der Waals surface area contributed by atoms with E-state index in [1.54, 1.807) is 23.5 Å². The molecule has 1 aromatic carbocycles. The van der Waals surface area contributed by atoms with Gasteiger partial charge >= 0.3 is 6.03 Å². The van der Waals surface area contributed by atoms with Crippen LogP contribution >= 0.6 is 11.3 Å². The van der Waals surface area contributed by atoms with Crippen molar-refractivity contribution >= 4 is 29.0 Å². The van der Waals surface area contributed by atoms with Crippen molar-refractivity contribution in [3.8, 4) is 0 Å². The maximum Gasteiger partial charge on any atom is 0.316 e. The third-order valence-electron chi connectivity index (χ3n) is 3.12. The molecule has 22 heavy (non-hydrogen) atoms. The van der Waals surface area contributed by atoms with E-state index in [2.05, 4.69) is 16.7 Å². The summed E-state index contributed by atoms with van der Waals surface area (Å²) in [6.45, 7) is 0.481. The fourth-order valence-electron chi connectivity index (χ4n) is 2.02. The van der Waals surface area contributed by atoms with Gasteiger partial charge in [-0.2, -0.15) is 0 Å². The fourth-order valence-corrected chi connectivity index (χ4v) is 2.77. The summed E-state index contributed by atoms with van der Waals surface area (Å²) < 4.78 is 0. The van der Waals surface area contributed by atoms with Gasteiger partial charge < -0.3 is 16.4 Å². The molecule has 0 atom stereocenters. The lowest BCUT2D eigenvalue weighted by atomic mass is 10.2. The molecule has 1 heterocycles. The monoisotopic (exact) mass is 317 g/mol. The Kier molecular flexibility index (Phi) is 5.97. The molecule has 0 aliphatic heterocycles. The average Bonchev–Trinajstić information content (AvgIpc) is 2.99. The molecule has 0 bridgehead atoms. The summed E-state index contributed by atoms with van der Waals surface area (Å²) in [7, 11) is 0. The van der Waals surface area contributed by atoms with Gasteiger partial charge in [0.05, 0.1) is 0 Å². The van der Waals surface area contributed by atoms with Crippen LogP contribution < -0.4 is 16.4 Å². The van der Waals surface area contributed by atoms with Crippen molar-refractivity contribution in [3.63, 3.8) is 0 Å². The normalized spacial score (nSPS) is 10.2. The average molecular weight is 317 g/mol. The van der Waals surface area contributed by atoms with E-state index in [0.717, 1.165) is 18.4 Å². The minimum absolute atomic E-state index is 0.0518. The highest BCUT2D eigenvalue weighted by molar-refractivity contribution is 7.09. The zero-order valence-corrected chi connectivity index (χ0v) is 13.0. The standard InChI is InChI=1S/C16H19N3O2S/c17-16(21)19-13-8-6-12(7-9-13)11-18-15(20)5-1-3-14-4-2-10-22-14/h2,4,6-10H,1,3,5,11H2,(H,18,20)(H3,17,19,21). The second-order valence-electron chi connectivity index (χ2n) is 4.90. The number of hydrogen-bond donors (Lipinski definition) is 3.